The monoisotopic (exact) mass is 761 g/mol. The van der Waals surface area contributed by atoms with Crippen LogP contribution in [0.2, 0.25) is 0 Å². The second-order valence-corrected chi connectivity index (χ2v) is 19.1. The molecule has 0 bridgehead atoms. The minimum absolute atomic E-state index is 0.0401. The molecule has 4 atom stereocenters. The Labute approximate surface area is 340 Å². The Balaban J connectivity index is 1.24. The van der Waals surface area contributed by atoms with Crippen LogP contribution in [-0.2, 0) is 18.9 Å². The lowest BCUT2D eigenvalue weighted by atomic mass is 9.62. The normalized spacial score (nSPS) is 21.0. The third-order valence-electron chi connectivity index (χ3n) is 13.1. The number of thiophene rings is 1. The molecular weight excluding hydrogens is 711 g/mol. The van der Waals surface area contributed by atoms with E-state index in [0.29, 0.717) is 11.8 Å². The highest BCUT2D eigenvalue weighted by Crippen LogP contribution is 2.48. The van der Waals surface area contributed by atoms with Gasteiger partial charge in [-0.15, -0.1) is 11.3 Å². The zero-order valence-electron chi connectivity index (χ0n) is 34.2. The highest BCUT2D eigenvalue weighted by atomic mass is 32.1. The highest BCUT2D eigenvalue weighted by molar-refractivity contribution is 7.21. The topological polar surface area (TPSA) is 12.2 Å². The smallest absolute Gasteiger partial charge is 0.213 e. The predicted octanol–water partition coefficient (Wildman–Crippen LogP) is 12.8. The van der Waals surface area contributed by atoms with Gasteiger partial charge < -0.3 is 4.40 Å². The highest BCUT2D eigenvalue weighted by Gasteiger charge is 2.51. The van der Waals surface area contributed by atoms with Gasteiger partial charge in [-0.2, -0.15) is 4.57 Å². The quantitative estimate of drug-likeness (QED) is 0.118. The van der Waals surface area contributed by atoms with E-state index < -0.39 is 0 Å². The molecule has 10 rings (SSSR count). The molecule has 282 valence electrons. The average molecular weight is 762 g/mol. The van der Waals surface area contributed by atoms with Crippen molar-refractivity contribution in [3.8, 4) is 11.3 Å². The van der Waals surface area contributed by atoms with Crippen LogP contribution in [0.25, 0.3) is 71.6 Å². The first-order chi connectivity index (χ1) is 27.5. The third kappa shape index (κ3) is 5.44. The third-order valence-corrected chi connectivity index (χ3v) is 14.4. The second kappa shape index (κ2) is 13.0. The first-order valence-corrected chi connectivity index (χ1v) is 21.3. The van der Waals surface area contributed by atoms with Crippen molar-refractivity contribution in [2.24, 2.45) is 24.3 Å². The van der Waals surface area contributed by atoms with Gasteiger partial charge in [0.05, 0.1) is 27.5 Å². The van der Waals surface area contributed by atoms with Crippen LogP contribution < -0.4 is 9.13 Å². The Morgan fingerprint density at radius 2 is 1.74 bits per heavy atom. The van der Waals surface area contributed by atoms with Crippen molar-refractivity contribution >= 4 is 71.7 Å². The number of pyridine rings is 2. The number of hydrogen-bond donors (Lipinski definition) is 0. The fraction of sp³-hybridized carbons (Fsp3) is 0.245. The summed E-state index contributed by atoms with van der Waals surface area (Å²) in [5, 5.41) is 6.61. The van der Waals surface area contributed by atoms with Gasteiger partial charge in [-0.25, -0.2) is 4.57 Å². The number of nitrogens with zero attached hydrogens (tertiary/aromatic N) is 3. The molecule has 3 aromatic carbocycles. The molecule has 3 nitrogen and oxygen atoms in total. The molecule has 2 aliphatic rings. The lowest BCUT2D eigenvalue weighted by Crippen LogP contribution is -2.58. The first kappa shape index (κ1) is 35.8. The van der Waals surface area contributed by atoms with Gasteiger partial charge in [-0.1, -0.05) is 107 Å². The molecule has 0 spiro atoms. The van der Waals surface area contributed by atoms with Crippen LogP contribution in [0.4, 0.5) is 0 Å². The van der Waals surface area contributed by atoms with Gasteiger partial charge in [-0.3, -0.25) is 0 Å². The van der Waals surface area contributed by atoms with Crippen LogP contribution >= 0.6 is 11.3 Å². The minimum Gasteiger partial charge on any atom is -0.308 e. The van der Waals surface area contributed by atoms with Gasteiger partial charge in [0.25, 0.3) is 0 Å². The molecule has 0 saturated heterocycles. The van der Waals surface area contributed by atoms with Gasteiger partial charge in [0, 0.05) is 67.2 Å². The minimum atomic E-state index is -0.0401. The number of fused-ring (bicyclic) bond motifs is 11. The fourth-order valence-corrected chi connectivity index (χ4v) is 11.7. The second-order valence-electron chi connectivity index (χ2n) is 18.0. The molecule has 0 saturated carbocycles. The summed E-state index contributed by atoms with van der Waals surface area (Å²) in [6, 6.07) is 28.2. The molecule has 5 aromatic heterocycles. The number of aromatic nitrogens is 3. The fourth-order valence-electron chi connectivity index (χ4n) is 10.4. The Kier molecular flexibility index (Phi) is 8.15. The van der Waals surface area contributed by atoms with Gasteiger partial charge in [0.1, 0.15) is 7.05 Å². The van der Waals surface area contributed by atoms with Crippen LogP contribution in [0.5, 0.6) is 0 Å². The van der Waals surface area contributed by atoms with Crippen LogP contribution in [0.15, 0.2) is 134 Å². The van der Waals surface area contributed by atoms with E-state index in [1.54, 1.807) is 0 Å². The summed E-state index contributed by atoms with van der Waals surface area (Å²) in [7, 11) is 2.19. The lowest BCUT2D eigenvalue weighted by Gasteiger charge is -2.42. The van der Waals surface area contributed by atoms with Gasteiger partial charge in [0.2, 0.25) is 5.69 Å². The maximum atomic E-state index is 3.92. The number of hydrogen-bond acceptors (Lipinski definition) is 1. The van der Waals surface area contributed by atoms with E-state index in [1.807, 2.05) is 23.5 Å². The number of allylic oxidation sites excluding steroid dienone is 7. The summed E-state index contributed by atoms with van der Waals surface area (Å²) in [4.78, 5) is 1.29. The Hall–Kier alpha value is -5.58. The summed E-state index contributed by atoms with van der Waals surface area (Å²) in [6.07, 6.45) is 25.9. The first-order valence-electron chi connectivity index (χ1n) is 20.5. The molecule has 0 N–H and O–H groups in total. The van der Waals surface area contributed by atoms with Gasteiger partial charge in [-0.05, 0) is 78.1 Å². The number of para-hydroxylation sites is 1. The van der Waals surface area contributed by atoms with E-state index in [-0.39, 0.29) is 16.9 Å². The van der Waals surface area contributed by atoms with Gasteiger partial charge >= 0.3 is 0 Å². The molecule has 0 fully saturated rings. The van der Waals surface area contributed by atoms with E-state index in [9.17, 15) is 0 Å². The lowest BCUT2D eigenvalue weighted by molar-refractivity contribution is -0.736. The molecule has 6 heterocycles. The molecule has 8 aromatic rings. The summed E-state index contributed by atoms with van der Waals surface area (Å²) >= 11 is 1.90. The summed E-state index contributed by atoms with van der Waals surface area (Å²) in [6.45, 7) is 18.0. The van der Waals surface area contributed by atoms with Crippen molar-refractivity contribution in [2.75, 3.05) is 0 Å². The summed E-state index contributed by atoms with van der Waals surface area (Å²) in [5.74, 6) is 0.807. The number of aryl methyl sites for hydroxylation is 2. The zero-order valence-corrected chi connectivity index (χ0v) is 35.0. The predicted molar refractivity (Wildman–Crippen MR) is 243 cm³/mol. The maximum Gasteiger partial charge on any atom is 0.213 e. The Morgan fingerprint density at radius 1 is 0.895 bits per heavy atom. The van der Waals surface area contributed by atoms with Crippen LogP contribution in [0, 0.1) is 24.2 Å². The molecule has 0 amide bonds. The van der Waals surface area contributed by atoms with Crippen molar-refractivity contribution in [2.45, 2.75) is 59.4 Å². The molecule has 1 aliphatic carbocycles. The molecule has 1 aliphatic heterocycles. The molecule has 57 heavy (non-hydrogen) atoms. The Bertz CT molecular complexity index is 3070. The standard InChI is InChI=1S/C53H51N3S/c1-9-10-19-47-33(2)37-22-24-44-49(51(37)57-47)39-17-15-16-38-41-31-40(45-29-35(25-28-54(45)8)32-52(4,5)6)36(30-46(41)56(44)50(38)39)21-23-43-34(3)42-18-11-13-26-53(42,7)48-20-12-14-27-55(43)48/h9-31,34,42-43H,1,32H2,2-8H3/q+2/b19-10-,23-21+. The van der Waals surface area contributed by atoms with Crippen LogP contribution in [-0.4, -0.2) is 4.40 Å². The summed E-state index contributed by atoms with van der Waals surface area (Å²) in [5.41, 5.74) is 11.8. The van der Waals surface area contributed by atoms with Crippen molar-refractivity contribution in [3.63, 3.8) is 0 Å². The number of benzene rings is 3. The van der Waals surface area contributed by atoms with Crippen molar-refractivity contribution in [1.82, 2.24) is 4.40 Å². The Morgan fingerprint density at radius 3 is 2.56 bits per heavy atom. The molecular formula is C53H51N3S+2. The van der Waals surface area contributed by atoms with Crippen molar-refractivity contribution in [1.29, 1.82) is 0 Å². The van der Waals surface area contributed by atoms with E-state index in [1.165, 1.54) is 86.7 Å². The zero-order chi connectivity index (χ0) is 39.4. The number of rotatable bonds is 6. The van der Waals surface area contributed by atoms with Crippen molar-refractivity contribution < 1.29 is 9.13 Å². The van der Waals surface area contributed by atoms with Crippen molar-refractivity contribution in [3.05, 3.63) is 162 Å². The van der Waals surface area contributed by atoms with E-state index in [2.05, 4.69) is 196 Å². The molecule has 0 radical (unpaired) electrons. The van der Waals surface area contributed by atoms with E-state index in [0.717, 1.165) is 6.42 Å². The van der Waals surface area contributed by atoms with Crippen LogP contribution in [0.3, 0.4) is 0 Å². The van der Waals surface area contributed by atoms with Crippen LogP contribution in [0.1, 0.15) is 67.9 Å². The van der Waals surface area contributed by atoms with E-state index in [4.69, 9.17) is 0 Å². The molecule has 4 unspecified atom stereocenters. The SMILES string of the molecule is C=C/C=C\c1sc2c(ccc3c2c2cccc4c5cc(-c6cc(CC(C)(C)C)cc[n+]6C)c(/C=C/C6C(C)C7C=CC=CC7(C)c7cccc[n+]76)cc5n3c42)c1C. The average Bonchev–Trinajstić information content (AvgIpc) is 3.83. The van der Waals surface area contributed by atoms with Gasteiger partial charge in [0.15, 0.2) is 24.1 Å². The molecule has 4 heteroatoms. The summed E-state index contributed by atoms with van der Waals surface area (Å²) < 4.78 is 8.75. The largest absolute Gasteiger partial charge is 0.308 e. The maximum absolute atomic E-state index is 3.92. The van der Waals surface area contributed by atoms with E-state index >= 15 is 0 Å².